The Morgan fingerprint density at radius 3 is 2.64 bits per heavy atom. The lowest BCUT2D eigenvalue weighted by Gasteiger charge is -2.14. The number of aromatic nitrogens is 2. The molecule has 0 saturated heterocycles. The zero-order chi connectivity index (χ0) is 17.8. The molecule has 1 N–H and O–H groups in total. The van der Waals surface area contributed by atoms with Crippen LogP contribution in [0.4, 0.5) is 0 Å². The van der Waals surface area contributed by atoms with Gasteiger partial charge in [0.05, 0.1) is 23.8 Å². The largest absolute Gasteiger partial charge is 0.491 e. The Bertz CT molecular complexity index is 948. The highest BCUT2D eigenvalue weighted by Gasteiger charge is 2.10. The number of rotatable bonds is 6. The van der Waals surface area contributed by atoms with Gasteiger partial charge in [-0.25, -0.2) is 4.98 Å². The standard InChI is InChI=1S/C19H18N2O4/c1-13(22)14-6-8-16(9-7-14)25-11-15(23)10-21-12-20-18-5-3-2-4-17(18)19(21)24/h2-9,12,15,23H,10-11H2,1H3. The number of ketones is 1. The van der Waals surface area contributed by atoms with Crippen molar-refractivity contribution in [3.63, 3.8) is 0 Å². The third-order valence-corrected chi connectivity index (χ3v) is 3.84. The van der Waals surface area contributed by atoms with E-state index in [9.17, 15) is 14.7 Å². The molecule has 3 aromatic rings. The number of aliphatic hydroxyl groups is 1. The lowest BCUT2D eigenvalue weighted by atomic mass is 10.1. The minimum absolute atomic E-state index is 0.0187. The van der Waals surface area contributed by atoms with Crippen LogP contribution in [-0.4, -0.2) is 33.2 Å². The third kappa shape index (κ3) is 3.92. The lowest BCUT2D eigenvalue weighted by Crippen LogP contribution is -2.30. The van der Waals surface area contributed by atoms with Gasteiger partial charge >= 0.3 is 0 Å². The first-order valence-corrected chi connectivity index (χ1v) is 7.90. The molecule has 0 aliphatic heterocycles. The summed E-state index contributed by atoms with van der Waals surface area (Å²) in [5.41, 5.74) is 1.03. The summed E-state index contributed by atoms with van der Waals surface area (Å²) in [6.07, 6.45) is 0.559. The number of Topliss-reactive ketones (excluding diaryl/α,β-unsaturated/α-hetero) is 1. The van der Waals surface area contributed by atoms with Crippen LogP contribution in [0.5, 0.6) is 5.75 Å². The van der Waals surface area contributed by atoms with Crippen LogP contribution in [0.25, 0.3) is 10.9 Å². The fraction of sp³-hybridized carbons (Fsp3) is 0.211. The van der Waals surface area contributed by atoms with Crippen LogP contribution < -0.4 is 10.3 Å². The van der Waals surface area contributed by atoms with Gasteiger partial charge in [0.25, 0.3) is 5.56 Å². The van der Waals surface area contributed by atoms with Crippen LogP contribution in [0.15, 0.2) is 59.7 Å². The molecular formula is C19H18N2O4. The average Bonchev–Trinajstić information content (AvgIpc) is 2.63. The summed E-state index contributed by atoms with van der Waals surface area (Å²) >= 11 is 0. The molecule has 0 amide bonds. The van der Waals surface area contributed by atoms with Crippen molar-refractivity contribution < 1.29 is 14.6 Å². The second kappa shape index (κ2) is 7.27. The van der Waals surface area contributed by atoms with E-state index >= 15 is 0 Å². The van der Waals surface area contributed by atoms with Crippen LogP contribution in [-0.2, 0) is 6.54 Å². The summed E-state index contributed by atoms with van der Waals surface area (Å²) in [5, 5.41) is 10.6. The summed E-state index contributed by atoms with van der Waals surface area (Å²) in [6, 6.07) is 13.8. The zero-order valence-corrected chi connectivity index (χ0v) is 13.8. The molecule has 128 valence electrons. The van der Waals surface area contributed by atoms with Gasteiger partial charge in [0.15, 0.2) is 5.78 Å². The monoisotopic (exact) mass is 338 g/mol. The first kappa shape index (κ1) is 16.9. The number of hydrogen-bond acceptors (Lipinski definition) is 5. The molecular weight excluding hydrogens is 320 g/mol. The van der Waals surface area contributed by atoms with Crippen LogP contribution in [0.3, 0.4) is 0 Å². The maximum absolute atomic E-state index is 12.4. The molecule has 2 aromatic carbocycles. The van der Waals surface area contributed by atoms with Crippen molar-refractivity contribution in [2.24, 2.45) is 0 Å². The van der Waals surface area contributed by atoms with E-state index in [1.54, 1.807) is 42.5 Å². The van der Waals surface area contributed by atoms with E-state index in [4.69, 9.17) is 4.74 Å². The van der Waals surface area contributed by atoms with Gasteiger partial charge in [-0.15, -0.1) is 0 Å². The number of nitrogens with zero attached hydrogens (tertiary/aromatic N) is 2. The number of carbonyl (C=O) groups is 1. The Kier molecular flexibility index (Phi) is 4.90. The van der Waals surface area contributed by atoms with Gasteiger partial charge < -0.3 is 9.84 Å². The van der Waals surface area contributed by atoms with Crippen LogP contribution in [0.1, 0.15) is 17.3 Å². The summed E-state index contributed by atoms with van der Waals surface area (Å²) in [5.74, 6) is 0.530. The number of aliphatic hydroxyl groups excluding tert-OH is 1. The molecule has 0 radical (unpaired) electrons. The molecule has 1 heterocycles. The Balaban J connectivity index is 1.64. The van der Waals surface area contributed by atoms with Gasteiger partial charge in [-0.2, -0.15) is 0 Å². The number of para-hydroxylation sites is 1. The van der Waals surface area contributed by atoms with Gasteiger partial charge in [-0.3, -0.25) is 14.2 Å². The number of ether oxygens (including phenoxy) is 1. The molecule has 3 rings (SSSR count). The minimum Gasteiger partial charge on any atom is -0.491 e. The Morgan fingerprint density at radius 1 is 1.20 bits per heavy atom. The van der Waals surface area contributed by atoms with Crippen molar-refractivity contribution >= 4 is 16.7 Å². The lowest BCUT2D eigenvalue weighted by molar-refractivity contribution is 0.0914. The maximum Gasteiger partial charge on any atom is 0.261 e. The maximum atomic E-state index is 12.4. The summed E-state index contributed by atoms with van der Waals surface area (Å²) < 4.78 is 6.88. The van der Waals surface area contributed by atoms with Crippen LogP contribution in [0, 0.1) is 0 Å². The van der Waals surface area contributed by atoms with E-state index in [0.717, 1.165) is 0 Å². The normalized spacial score (nSPS) is 12.1. The minimum atomic E-state index is -0.867. The Morgan fingerprint density at radius 2 is 1.92 bits per heavy atom. The van der Waals surface area contributed by atoms with Crippen LogP contribution >= 0.6 is 0 Å². The predicted molar refractivity (Wildman–Crippen MR) is 94.0 cm³/mol. The van der Waals surface area contributed by atoms with Crippen molar-refractivity contribution in [2.45, 2.75) is 19.6 Å². The van der Waals surface area contributed by atoms with Gasteiger partial charge in [-0.05, 0) is 43.3 Å². The van der Waals surface area contributed by atoms with Crippen molar-refractivity contribution in [1.82, 2.24) is 9.55 Å². The highest BCUT2D eigenvalue weighted by molar-refractivity contribution is 5.94. The molecule has 0 bridgehead atoms. The van der Waals surface area contributed by atoms with Crippen molar-refractivity contribution in [1.29, 1.82) is 0 Å². The second-order valence-corrected chi connectivity index (χ2v) is 5.76. The first-order valence-electron chi connectivity index (χ1n) is 7.90. The zero-order valence-electron chi connectivity index (χ0n) is 13.8. The van der Waals surface area contributed by atoms with Crippen molar-refractivity contribution in [3.8, 4) is 5.75 Å². The molecule has 6 nitrogen and oxygen atoms in total. The van der Waals surface area contributed by atoms with E-state index in [-0.39, 0.29) is 24.5 Å². The number of benzene rings is 2. The Hall–Kier alpha value is -2.99. The molecule has 25 heavy (non-hydrogen) atoms. The van der Waals surface area contributed by atoms with Gasteiger partial charge in [0.1, 0.15) is 18.5 Å². The molecule has 0 fully saturated rings. The number of fused-ring (bicyclic) bond motifs is 1. The molecule has 0 aliphatic carbocycles. The smallest absolute Gasteiger partial charge is 0.261 e. The topological polar surface area (TPSA) is 81.4 Å². The highest BCUT2D eigenvalue weighted by atomic mass is 16.5. The summed E-state index contributed by atoms with van der Waals surface area (Å²) in [4.78, 5) is 27.8. The quantitative estimate of drug-likeness (QED) is 0.696. The van der Waals surface area contributed by atoms with E-state index < -0.39 is 6.10 Å². The SMILES string of the molecule is CC(=O)c1ccc(OCC(O)Cn2cnc3ccccc3c2=O)cc1. The molecule has 6 heteroatoms. The second-order valence-electron chi connectivity index (χ2n) is 5.76. The summed E-state index contributed by atoms with van der Waals surface area (Å²) in [6.45, 7) is 1.61. The fourth-order valence-electron chi connectivity index (χ4n) is 2.49. The Labute approximate surface area is 144 Å². The molecule has 1 atom stereocenters. The number of hydrogen-bond donors (Lipinski definition) is 1. The molecule has 1 unspecified atom stereocenters. The van der Waals surface area contributed by atoms with E-state index in [1.165, 1.54) is 17.8 Å². The molecule has 0 aliphatic rings. The van der Waals surface area contributed by atoms with Gasteiger partial charge in [-0.1, -0.05) is 12.1 Å². The van der Waals surface area contributed by atoms with E-state index in [1.807, 2.05) is 6.07 Å². The highest BCUT2D eigenvalue weighted by Crippen LogP contribution is 2.13. The molecule has 0 spiro atoms. The fourth-order valence-corrected chi connectivity index (χ4v) is 2.49. The molecule has 0 saturated carbocycles. The average molecular weight is 338 g/mol. The van der Waals surface area contributed by atoms with E-state index in [2.05, 4.69) is 4.98 Å². The van der Waals surface area contributed by atoms with Gasteiger partial charge in [0.2, 0.25) is 0 Å². The molecule has 1 aromatic heterocycles. The van der Waals surface area contributed by atoms with E-state index in [0.29, 0.717) is 22.2 Å². The van der Waals surface area contributed by atoms with Crippen LogP contribution in [0.2, 0.25) is 0 Å². The summed E-state index contributed by atoms with van der Waals surface area (Å²) in [7, 11) is 0. The first-order chi connectivity index (χ1) is 12.0. The van der Waals surface area contributed by atoms with Gasteiger partial charge in [0, 0.05) is 5.56 Å². The predicted octanol–water partition coefficient (Wildman–Crippen LogP) is 2.04. The third-order valence-electron chi connectivity index (χ3n) is 3.84. The number of carbonyl (C=O) groups excluding carboxylic acids is 1. The van der Waals surface area contributed by atoms with Crippen molar-refractivity contribution in [2.75, 3.05) is 6.61 Å². The van der Waals surface area contributed by atoms with Crippen molar-refractivity contribution in [3.05, 3.63) is 70.8 Å².